The van der Waals surface area contributed by atoms with Gasteiger partial charge < -0.3 is 14.5 Å². The van der Waals surface area contributed by atoms with Crippen LogP contribution < -0.4 is 4.74 Å². The van der Waals surface area contributed by atoms with Crippen molar-refractivity contribution in [3.63, 3.8) is 0 Å². The molecule has 88 valence electrons. The minimum Gasteiger partial charge on any atom is -0.493 e. The van der Waals surface area contributed by atoms with Gasteiger partial charge in [0, 0.05) is 17.3 Å². The van der Waals surface area contributed by atoms with E-state index in [-0.39, 0.29) is 5.97 Å². The number of halogens is 1. The van der Waals surface area contributed by atoms with Gasteiger partial charge in [-0.2, -0.15) is 0 Å². The van der Waals surface area contributed by atoms with Crippen molar-refractivity contribution in [2.24, 2.45) is 0 Å². The molecule has 0 atom stereocenters. The van der Waals surface area contributed by atoms with Gasteiger partial charge in [-0.3, -0.25) is 0 Å². The van der Waals surface area contributed by atoms with Crippen molar-refractivity contribution in [1.29, 1.82) is 0 Å². The van der Waals surface area contributed by atoms with Crippen LogP contribution in [0.2, 0.25) is 0 Å². The molecule has 0 fully saturated rings. The third kappa shape index (κ3) is 1.60. The molecule has 1 aliphatic rings. The number of aromatic amines is 1. The monoisotopic (exact) mass is 343 g/mol. The van der Waals surface area contributed by atoms with E-state index in [4.69, 9.17) is 9.47 Å². The van der Waals surface area contributed by atoms with Gasteiger partial charge in [-0.1, -0.05) is 0 Å². The fourth-order valence-electron chi connectivity index (χ4n) is 2.08. The highest BCUT2D eigenvalue weighted by Gasteiger charge is 2.20. The van der Waals surface area contributed by atoms with E-state index in [1.54, 1.807) is 0 Å². The van der Waals surface area contributed by atoms with Gasteiger partial charge in [0.1, 0.15) is 11.4 Å². The molecule has 0 bridgehead atoms. The second-order valence-corrected chi connectivity index (χ2v) is 4.99. The summed E-state index contributed by atoms with van der Waals surface area (Å²) in [5.74, 6) is 0.581. The first kappa shape index (κ1) is 10.9. The number of H-pyrrole nitrogens is 1. The Morgan fingerprint density at radius 1 is 1.53 bits per heavy atom. The second kappa shape index (κ2) is 3.90. The van der Waals surface area contributed by atoms with Gasteiger partial charge in [0.05, 0.1) is 17.3 Å². The van der Waals surface area contributed by atoms with Crippen LogP contribution in [0.1, 0.15) is 16.1 Å². The van der Waals surface area contributed by atoms with Crippen LogP contribution >= 0.6 is 22.6 Å². The first-order valence-electron chi connectivity index (χ1n) is 5.26. The Bertz CT molecular complexity index is 618. The Morgan fingerprint density at radius 2 is 2.35 bits per heavy atom. The van der Waals surface area contributed by atoms with E-state index in [0.717, 1.165) is 33.3 Å². The highest BCUT2D eigenvalue weighted by molar-refractivity contribution is 14.1. The second-order valence-electron chi connectivity index (χ2n) is 3.91. The van der Waals surface area contributed by atoms with Gasteiger partial charge >= 0.3 is 5.97 Å². The zero-order valence-corrected chi connectivity index (χ0v) is 11.3. The lowest BCUT2D eigenvalue weighted by Gasteiger charge is -1.98. The Morgan fingerprint density at radius 3 is 3.12 bits per heavy atom. The number of carbonyl (C=O) groups is 1. The number of methoxy groups -OCH3 is 1. The van der Waals surface area contributed by atoms with Crippen LogP contribution in [-0.2, 0) is 11.2 Å². The summed E-state index contributed by atoms with van der Waals surface area (Å²) in [4.78, 5) is 14.7. The van der Waals surface area contributed by atoms with E-state index < -0.39 is 0 Å². The number of rotatable bonds is 1. The van der Waals surface area contributed by atoms with Gasteiger partial charge in [0.15, 0.2) is 0 Å². The van der Waals surface area contributed by atoms with Crippen molar-refractivity contribution in [2.45, 2.75) is 6.42 Å². The minimum atomic E-state index is -0.341. The maximum absolute atomic E-state index is 11.6. The third-order valence-electron chi connectivity index (χ3n) is 2.93. The fourth-order valence-corrected chi connectivity index (χ4v) is 2.88. The summed E-state index contributed by atoms with van der Waals surface area (Å²) in [6.07, 6.45) is 0.925. The average molecular weight is 343 g/mol. The topological polar surface area (TPSA) is 51.3 Å². The molecular formula is C12H10INO3. The predicted octanol–water partition coefficient (Wildman–Crippen LogP) is 2.49. The van der Waals surface area contributed by atoms with Crippen LogP contribution in [0.15, 0.2) is 12.1 Å². The smallest absolute Gasteiger partial charge is 0.355 e. The van der Waals surface area contributed by atoms with Gasteiger partial charge in [0.25, 0.3) is 0 Å². The molecule has 1 aromatic carbocycles. The number of aromatic nitrogens is 1. The van der Waals surface area contributed by atoms with Crippen molar-refractivity contribution in [1.82, 2.24) is 4.98 Å². The fraction of sp³-hybridized carbons (Fsp3) is 0.250. The number of fused-ring (bicyclic) bond motifs is 2. The first-order valence-corrected chi connectivity index (χ1v) is 6.34. The number of esters is 1. The van der Waals surface area contributed by atoms with Crippen LogP contribution in [0.25, 0.3) is 10.9 Å². The zero-order valence-electron chi connectivity index (χ0n) is 9.17. The molecule has 1 N–H and O–H groups in total. The molecule has 5 heteroatoms. The summed E-state index contributed by atoms with van der Waals surface area (Å²) in [5.41, 5.74) is 2.65. The molecule has 0 unspecified atom stereocenters. The standard InChI is InChI=1S/C12H10INO3/c1-16-12(15)11-10(13)7-5-9-6(2-3-17-9)4-8(7)14-11/h4-5,14H,2-3H2,1H3. The third-order valence-corrected chi connectivity index (χ3v) is 4.06. The first-order chi connectivity index (χ1) is 8.20. The minimum absolute atomic E-state index is 0.341. The van der Waals surface area contributed by atoms with Crippen molar-refractivity contribution < 1.29 is 14.3 Å². The number of hydrogen-bond acceptors (Lipinski definition) is 3. The molecule has 17 heavy (non-hydrogen) atoms. The molecule has 0 saturated carbocycles. The SMILES string of the molecule is COC(=O)c1[nH]c2cc3c(cc2c1I)OCC3. The highest BCUT2D eigenvalue weighted by atomic mass is 127. The van der Waals surface area contributed by atoms with Gasteiger partial charge in [0.2, 0.25) is 0 Å². The van der Waals surface area contributed by atoms with E-state index in [2.05, 4.69) is 27.6 Å². The van der Waals surface area contributed by atoms with Crippen LogP contribution in [0.3, 0.4) is 0 Å². The molecule has 0 saturated heterocycles. The highest BCUT2D eigenvalue weighted by Crippen LogP contribution is 2.33. The van der Waals surface area contributed by atoms with Crippen molar-refractivity contribution in [3.05, 3.63) is 27.0 Å². The molecule has 4 nitrogen and oxygen atoms in total. The summed E-state index contributed by atoms with van der Waals surface area (Å²) >= 11 is 2.15. The Hall–Kier alpha value is -1.24. The molecule has 1 aliphatic heterocycles. The van der Waals surface area contributed by atoms with E-state index in [1.165, 1.54) is 12.7 Å². The summed E-state index contributed by atoms with van der Waals surface area (Å²) < 4.78 is 11.1. The molecular weight excluding hydrogens is 333 g/mol. The Balaban J connectivity index is 2.24. The lowest BCUT2D eigenvalue weighted by molar-refractivity contribution is 0.0594. The molecule has 0 radical (unpaired) electrons. The quantitative estimate of drug-likeness (QED) is 0.639. The summed E-state index contributed by atoms with van der Waals surface area (Å²) in [7, 11) is 1.38. The summed E-state index contributed by atoms with van der Waals surface area (Å²) in [6.45, 7) is 0.738. The number of hydrogen-bond donors (Lipinski definition) is 1. The molecule has 2 heterocycles. The summed E-state index contributed by atoms with van der Waals surface area (Å²) in [5, 5.41) is 1.01. The number of carbonyl (C=O) groups excluding carboxylic acids is 1. The van der Waals surface area contributed by atoms with E-state index in [9.17, 15) is 4.79 Å². The molecule has 0 aliphatic carbocycles. The van der Waals surface area contributed by atoms with Crippen molar-refractivity contribution >= 4 is 39.5 Å². The number of benzene rings is 1. The van der Waals surface area contributed by atoms with Crippen LogP contribution in [0.5, 0.6) is 5.75 Å². The molecule has 3 rings (SSSR count). The molecule has 2 aromatic rings. The van der Waals surface area contributed by atoms with Crippen LogP contribution in [0, 0.1) is 3.57 Å². The maximum Gasteiger partial charge on any atom is 0.355 e. The maximum atomic E-state index is 11.6. The zero-order chi connectivity index (χ0) is 12.0. The van der Waals surface area contributed by atoms with Crippen LogP contribution in [0.4, 0.5) is 0 Å². The van der Waals surface area contributed by atoms with E-state index >= 15 is 0 Å². The number of ether oxygens (including phenoxy) is 2. The van der Waals surface area contributed by atoms with Gasteiger partial charge in [-0.05, 0) is 40.3 Å². The van der Waals surface area contributed by atoms with Crippen molar-refractivity contribution in [2.75, 3.05) is 13.7 Å². The van der Waals surface area contributed by atoms with E-state index in [0.29, 0.717) is 5.69 Å². The Labute approximate surface area is 111 Å². The number of nitrogens with one attached hydrogen (secondary N) is 1. The molecule has 1 aromatic heterocycles. The Kier molecular flexibility index (Phi) is 2.50. The van der Waals surface area contributed by atoms with E-state index in [1.807, 2.05) is 12.1 Å². The molecule has 0 spiro atoms. The van der Waals surface area contributed by atoms with Gasteiger partial charge in [-0.25, -0.2) is 4.79 Å². The largest absolute Gasteiger partial charge is 0.493 e. The lowest BCUT2D eigenvalue weighted by Crippen LogP contribution is -2.02. The van der Waals surface area contributed by atoms with Crippen molar-refractivity contribution in [3.8, 4) is 5.75 Å². The molecule has 0 amide bonds. The van der Waals surface area contributed by atoms with Crippen LogP contribution in [-0.4, -0.2) is 24.7 Å². The van der Waals surface area contributed by atoms with Gasteiger partial charge in [-0.15, -0.1) is 0 Å². The summed E-state index contributed by atoms with van der Waals surface area (Å²) in [6, 6.07) is 4.04. The lowest BCUT2D eigenvalue weighted by atomic mass is 10.1. The average Bonchev–Trinajstić information content (AvgIpc) is 2.91. The normalized spacial score (nSPS) is 13.5. The predicted molar refractivity (Wildman–Crippen MR) is 71.6 cm³/mol.